The molecule has 2 aromatic rings. The van der Waals surface area contributed by atoms with E-state index in [1.54, 1.807) is 4.68 Å². The Hall–Kier alpha value is -2.24. The van der Waals surface area contributed by atoms with Crippen molar-refractivity contribution in [1.29, 1.82) is 0 Å². The number of nitrogens with one attached hydrogen (secondary N) is 1. The smallest absolute Gasteiger partial charge is 0.270 e. The minimum Gasteiger partial charge on any atom is -0.350 e. The summed E-state index contributed by atoms with van der Waals surface area (Å²) in [6.07, 6.45) is 2.47. The van der Waals surface area contributed by atoms with Gasteiger partial charge in [-0.1, -0.05) is 6.07 Å². The fraction of sp³-hybridized carbons (Fsp3) is 0.250. The van der Waals surface area contributed by atoms with Gasteiger partial charge in [0.15, 0.2) is 0 Å². The molecular weight excluding hydrogens is 235 g/mol. The predicted molar refractivity (Wildman–Crippen MR) is 63.4 cm³/mol. The largest absolute Gasteiger partial charge is 0.350 e. The molecule has 0 aliphatic rings. The van der Waals surface area contributed by atoms with Gasteiger partial charge in [0.25, 0.3) is 5.91 Å². The van der Waals surface area contributed by atoms with Crippen LogP contribution in [0, 0.1) is 5.95 Å². The third-order valence-electron chi connectivity index (χ3n) is 2.38. The summed E-state index contributed by atoms with van der Waals surface area (Å²) >= 11 is 0. The van der Waals surface area contributed by atoms with Crippen LogP contribution in [0.3, 0.4) is 0 Å². The molecule has 2 aromatic heterocycles. The van der Waals surface area contributed by atoms with E-state index < -0.39 is 5.95 Å². The van der Waals surface area contributed by atoms with Crippen LogP contribution in [0.25, 0.3) is 0 Å². The van der Waals surface area contributed by atoms with Crippen LogP contribution in [-0.2, 0) is 13.5 Å². The van der Waals surface area contributed by atoms with E-state index in [1.807, 2.05) is 19.3 Å². The van der Waals surface area contributed by atoms with Gasteiger partial charge in [-0.2, -0.15) is 9.49 Å². The lowest BCUT2D eigenvalue weighted by Crippen LogP contribution is -2.26. The molecule has 0 aliphatic heterocycles. The lowest BCUT2D eigenvalue weighted by molar-refractivity contribution is 0.0948. The molecule has 0 radical (unpaired) electrons. The van der Waals surface area contributed by atoms with Crippen molar-refractivity contribution < 1.29 is 9.18 Å². The maximum absolute atomic E-state index is 12.8. The fourth-order valence-electron chi connectivity index (χ4n) is 1.53. The van der Waals surface area contributed by atoms with E-state index in [9.17, 15) is 9.18 Å². The molecule has 1 N–H and O–H groups in total. The van der Waals surface area contributed by atoms with Crippen molar-refractivity contribution in [1.82, 2.24) is 20.1 Å². The second-order valence-electron chi connectivity index (χ2n) is 3.83. The van der Waals surface area contributed by atoms with Gasteiger partial charge in [-0.15, -0.1) is 0 Å². The summed E-state index contributed by atoms with van der Waals surface area (Å²) in [5, 5.41) is 6.85. The summed E-state index contributed by atoms with van der Waals surface area (Å²) in [6, 6.07) is 6.01. The molecule has 0 unspecified atom stereocenters. The number of pyridine rings is 1. The zero-order chi connectivity index (χ0) is 13.0. The minimum absolute atomic E-state index is 0.0796. The van der Waals surface area contributed by atoms with Crippen LogP contribution in [0.2, 0.25) is 0 Å². The first-order valence-corrected chi connectivity index (χ1v) is 5.54. The molecule has 1 amide bonds. The SMILES string of the molecule is Cn1ccc(CCNC(=O)c2cccc(F)n2)n1. The number of aryl methyl sites for hydroxylation is 1. The summed E-state index contributed by atoms with van der Waals surface area (Å²) in [5.74, 6) is -1.04. The van der Waals surface area contributed by atoms with Gasteiger partial charge in [0.2, 0.25) is 5.95 Å². The maximum atomic E-state index is 12.8. The number of carbonyl (C=O) groups excluding carboxylic acids is 1. The summed E-state index contributed by atoms with van der Waals surface area (Å²) in [5.41, 5.74) is 0.973. The maximum Gasteiger partial charge on any atom is 0.270 e. The highest BCUT2D eigenvalue weighted by atomic mass is 19.1. The van der Waals surface area contributed by atoms with Crippen molar-refractivity contribution >= 4 is 5.91 Å². The first-order valence-electron chi connectivity index (χ1n) is 5.54. The topological polar surface area (TPSA) is 59.8 Å². The van der Waals surface area contributed by atoms with Crippen LogP contribution in [0.15, 0.2) is 30.5 Å². The second kappa shape index (κ2) is 5.39. The molecule has 0 saturated heterocycles. The van der Waals surface area contributed by atoms with Crippen molar-refractivity contribution in [2.24, 2.45) is 7.05 Å². The Morgan fingerprint density at radius 2 is 2.28 bits per heavy atom. The summed E-state index contributed by atoms with van der Waals surface area (Å²) in [7, 11) is 1.83. The predicted octanol–water partition coefficient (Wildman–Crippen LogP) is 0.927. The van der Waals surface area contributed by atoms with Gasteiger partial charge in [0.1, 0.15) is 5.69 Å². The van der Waals surface area contributed by atoms with E-state index in [1.165, 1.54) is 18.2 Å². The Bertz CT molecular complexity index is 553. The number of aromatic nitrogens is 3. The standard InChI is InChI=1S/C12H13FN4O/c1-17-8-6-9(16-17)5-7-14-12(18)10-3-2-4-11(13)15-10/h2-4,6,8H,5,7H2,1H3,(H,14,18). The molecule has 18 heavy (non-hydrogen) atoms. The first-order chi connectivity index (χ1) is 8.65. The zero-order valence-corrected chi connectivity index (χ0v) is 9.93. The van der Waals surface area contributed by atoms with E-state index in [4.69, 9.17) is 0 Å². The summed E-state index contributed by atoms with van der Waals surface area (Å²) < 4.78 is 14.5. The Morgan fingerprint density at radius 1 is 1.44 bits per heavy atom. The molecule has 0 bridgehead atoms. The number of hydrogen-bond acceptors (Lipinski definition) is 3. The third-order valence-corrected chi connectivity index (χ3v) is 2.38. The van der Waals surface area contributed by atoms with Crippen molar-refractivity contribution in [3.8, 4) is 0 Å². The highest BCUT2D eigenvalue weighted by Gasteiger charge is 2.07. The Kier molecular flexibility index (Phi) is 3.66. The average Bonchev–Trinajstić information content (AvgIpc) is 2.75. The van der Waals surface area contributed by atoms with Crippen LogP contribution in [0.4, 0.5) is 4.39 Å². The molecule has 94 valence electrons. The number of hydrogen-bond donors (Lipinski definition) is 1. The van der Waals surface area contributed by atoms with Crippen molar-refractivity contribution in [3.63, 3.8) is 0 Å². The van der Waals surface area contributed by atoms with Gasteiger partial charge < -0.3 is 5.32 Å². The van der Waals surface area contributed by atoms with Crippen molar-refractivity contribution in [2.75, 3.05) is 6.54 Å². The zero-order valence-electron chi connectivity index (χ0n) is 9.93. The van der Waals surface area contributed by atoms with Gasteiger partial charge in [-0.3, -0.25) is 9.48 Å². The molecule has 2 rings (SSSR count). The van der Waals surface area contributed by atoms with E-state index in [-0.39, 0.29) is 11.6 Å². The molecule has 6 heteroatoms. The highest BCUT2D eigenvalue weighted by molar-refractivity contribution is 5.92. The third kappa shape index (κ3) is 3.13. The number of amides is 1. The van der Waals surface area contributed by atoms with Gasteiger partial charge in [-0.05, 0) is 18.2 Å². The van der Waals surface area contributed by atoms with Crippen molar-refractivity contribution in [2.45, 2.75) is 6.42 Å². The molecule has 0 saturated carbocycles. The number of rotatable bonds is 4. The van der Waals surface area contributed by atoms with Crippen LogP contribution in [0.1, 0.15) is 16.2 Å². The number of halogens is 1. The average molecular weight is 248 g/mol. The lowest BCUT2D eigenvalue weighted by atomic mass is 10.3. The van der Waals surface area contributed by atoms with Gasteiger partial charge >= 0.3 is 0 Å². The first kappa shape index (κ1) is 12.2. The lowest BCUT2D eigenvalue weighted by Gasteiger charge is -2.03. The molecule has 0 atom stereocenters. The van der Waals surface area contributed by atoms with Crippen LogP contribution in [-0.4, -0.2) is 27.2 Å². The van der Waals surface area contributed by atoms with Gasteiger partial charge in [0, 0.05) is 26.2 Å². The fourth-order valence-corrected chi connectivity index (χ4v) is 1.53. The van der Waals surface area contributed by atoms with E-state index in [0.29, 0.717) is 13.0 Å². The molecule has 0 aliphatic carbocycles. The van der Waals surface area contributed by atoms with Gasteiger partial charge in [-0.25, -0.2) is 4.98 Å². The molecule has 0 spiro atoms. The Balaban J connectivity index is 1.85. The molecule has 5 nitrogen and oxygen atoms in total. The number of nitrogens with zero attached hydrogens (tertiary/aromatic N) is 3. The summed E-state index contributed by atoms with van der Waals surface area (Å²) in [6.45, 7) is 0.439. The van der Waals surface area contributed by atoms with E-state index in [0.717, 1.165) is 5.69 Å². The highest BCUT2D eigenvalue weighted by Crippen LogP contribution is 1.98. The summed E-state index contributed by atoms with van der Waals surface area (Å²) in [4.78, 5) is 15.1. The molecule has 0 aromatic carbocycles. The molecule has 0 fully saturated rings. The van der Waals surface area contributed by atoms with E-state index in [2.05, 4.69) is 15.4 Å². The van der Waals surface area contributed by atoms with Crippen LogP contribution in [0.5, 0.6) is 0 Å². The Morgan fingerprint density at radius 3 is 2.94 bits per heavy atom. The normalized spacial score (nSPS) is 10.3. The van der Waals surface area contributed by atoms with Crippen molar-refractivity contribution in [3.05, 3.63) is 47.8 Å². The monoisotopic (exact) mass is 248 g/mol. The molecule has 2 heterocycles. The van der Waals surface area contributed by atoms with Gasteiger partial charge in [0.05, 0.1) is 5.69 Å². The Labute approximate surface area is 104 Å². The quantitative estimate of drug-likeness (QED) is 0.819. The molecular formula is C12H13FN4O. The number of carbonyl (C=O) groups is 1. The van der Waals surface area contributed by atoms with Crippen LogP contribution >= 0.6 is 0 Å². The van der Waals surface area contributed by atoms with E-state index >= 15 is 0 Å². The minimum atomic E-state index is -0.660. The van der Waals surface area contributed by atoms with Crippen LogP contribution < -0.4 is 5.32 Å². The second-order valence-corrected chi connectivity index (χ2v) is 3.83.